The average Bonchev–Trinajstić information content (AvgIpc) is 3.12. The molecular formula is C20H20N2O4S2. The van der Waals surface area contributed by atoms with Crippen molar-refractivity contribution in [2.45, 2.75) is 18.2 Å². The van der Waals surface area contributed by atoms with Crippen molar-refractivity contribution in [1.29, 1.82) is 0 Å². The Morgan fingerprint density at radius 2 is 1.86 bits per heavy atom. The number of aryl methyl sites for hydroxylation is 1. The summed E-state index contributed by atoms with van der Waals surface area (Å²) in [6.45, 7) is 1.83. The number of thioether (sulfide) groups is 1. The molecule has 0 radical (unpaired) electrons. The zero-order chi connectivity index (χ0) is 19.7. The number of para-hydroxylation sites is 1. The summed E-state index contributed by atoms with van der Waals surface area (Å²) < 4.78 is 29.7. The molecule has 0 saturated carbocycles. The van der Waals surface area contributed by atoms with Gasteiger partial charge in [-0.05, 0) is 31.2 Å². The van der Waals surface area contributed by atoms with Crippen LogP contribution in [0.5, 0.6) is 5.75 Å². The fraction of sp³-hybridized carbons (Fsp3) is 0.300. The lowest BCUT2D eigenvalue weighted by Crippen LogP contribution is -2.37. The number of carbonyl (C=O) groups excluding carboxylic acids is 1. The van der Waals surface area contributed by atoms with E-state index in [2.05, 4.69) is 4.99 Å². The Hall–Kier alpha value is -2.32. The molecule has 28 heavy (non-hydrogen) atoms. The predicted molar refractivity (Wildman–Crippen MR) is 112 cm³/mol. The number of hydrogen-bond acceptors (Lipinski definition) is 5. The van der Waals surface area contributed by atoms with Crippen molar-refractivity contribution in [3.8, 4) is 5.75 Å². The Bertz CT molecular complexity index is 1000. The molecule has 6 nitrogen and oxygen atoms in total. The van der Waals surface area contributed by atoms with Crippen molar-refractivity contribution >= 4 is 38.4 Å². The molecule has 0 aliphatic carbocycles. The van der Waals surface area contributed by atoms with Gasteiger partial charge >= 0.3 is 0 Å². The second-order valence-electron chi connectivity index (χ2n) is 6.90. The Labute approximate surface area is 168 Å². The third-order valence-electron chi connectivity index (χ3n) is 4.70. The number of benzene rings is 2. The first-order chi connectivity index (χ1) is 13.4. The van der Waals surface area contributed by atoms with Gasteiger partial charge in [-0.15, -0.1) is 0 Å². The lowest BCUT2D eigenvalue weighted by molar-refractivity contribution is -0.119. The van der Waals surface area contributed by atoms with E-state index in [9.17, 15) is 13.2 Å². The van der Waals surface area contributed by atoms with Crippen LogP contribution in [0.4, 0.5) is 5.69 Å². The van der Waals surface area contributed by atoms with Crippen LogP contribution >= 0.6 is 11.8 Å². The average molecular weight is 417 g/mol. The molecule has 2 aromatic rings. The van der Waals surface area contributed by atoms with Gasteiger partial charge in [0, 0.05) is 10.9 Å². The molecule has 2 saturated heterocycles. The second-order valence-corrected chi connectivity index (χ2v) is 10.3. The molecule has 0 spiro atoms. The van der Waals surface area contributed by atoms with Gasteiger partial charge in [-0.3, -0.25) is 4.79 Å². The van der Waals surface area contributed by atoms with E-state index >= 15 is 0 Å². The maximum absolute atomic E-state index is 12.4. The number of amidine groups is 1. The molecule has 0 aromatic heterocycles. The summed E-state index contributed by atoms with van der Waals surface area (Å²) in [5, 5.41) is 0.420. The van der Waals surface area contributed by atoms with E-state index in [0.717, 1.165) is 11.3 Å². The van der Waals surface area contributed by atoms with E-state index in [0.29, 0.717) is 10.9 Å². The molecule has 2 unspecified atom stereocenters. The maximum Gasteiger partial charge on any atom is 0.285 e. The number of fused-ring (bicyclic) bond motifs is 1. The largest absolute Gasteiger partial charge is 0.484 e. The standard InChI is InChI=1S/C20H20N2O4S2/c1-14-7-9-15(10-8-14)22-17-12-28(24,25)13-18(17)27-20(22)21-19(23)11-26-16-5-3-2-4-6-16/h2-10,17-18H,11-13H2,1H3. The quantitative estimate of drug-likeness (QED) is 0.763. The van der Waals surface area contributed by atoms with Crippen LogP contribution < -0.4 is 9.64 Å². The zero-order valence-corrected chi connectivity index (χ0v) is 16.9. The lowest BCUT2D eigenvalue weighted by Gasteiger charge is -2.24. The third-order valence-corrected chi connectivity index (χ3v) is 7.91. The van der Waals surface area contributed by atoms with Gasteiger partial charge < -0.3 is 9.64 Å². The second kappa shape index (κ2) is 7.60. The van der Waals surface area contributed by atoms with E-state index < -0.39 is 15.7 Å². The number of aliphatic imine (C=N–C) groups is 1. The Morgan fingerprint density at radius 1 is 1.14 bits per heavy atom. The summed E-state index contributed by atoms with van der Waals surface area (Å²) >= 11 is 1.36. The lowest BCUT2D eigenvalue weighted by atomic mass is 10.1. The molecule has 4 rings (SSSR count). The minimum Gasteiger partial charge on any atom is -0.484 e. The normalized spacial score (nSPS) is 24.3. The van der Waals surface area contributed by atoms with Gasteiger partial charge in [0.15, 0.2) is 21.6 Å². The molecule has 2 aliphatic heterocycles. The molecule has 146 valence electrons. The van der Waals surface area contributed by atoms with Crippen LogP contribution in [-0.4, -0.2) is 48.9 Å². The number of anilines is 1. The van der Waals surface area contributed by atoms with E-state index in [1.807, 2.05) is 54.3 Å². The van der Waals surface area contributed by atoms with Gasteiger partial charge in [0.05, 0.1) is 17.5 Å². The topological polar surface area (TPSA) is 76.0 Å². The summed E-state index contributed by atoms with van der Waals surface area (Å²) in [5.74, 6) is 0.393. The van der Waals surface area contributed by atoms with Crippen molar-refractivity contribution < 1.29 is 17.9 Å². The van der Waals surface area contributed by atoms with Crippen LogP contribution in [0.2, 0.25) is 0 Å². The van der Waals surface area contributed by atoms with Crippen LogP contribution in [0.3, 0.4) is 0 Å². The highest BCUT2D eigenvalue weighted by Gasteiger charge is 2.49. The molecule has 2 aromatic carbocycles. The summed E-state index contributed by atoms with van der Waals surface area (Å²) in [6.07, 6.45) is 0. The van der Waals surface area contributed by atoms with Gasteiger partial charge in [-0.1, -0.05) is 47.7 Å². The Kier molecular flexibility index (Phi) is 5.16. The molecule has 0 bridgehead atoms. The van der Waals surface area contributed by atoms with E-state index in [1.54, 1.807) is 12.1 Å². The van der Waals surface area contributed by atoms with Crippen LogP contribution in [0.25, 0.3) is 0 Å². The minimum atomic E-state index is -3.08. The molecule has 1 amide bonds. The number of carbonyl (C=O) groups is 1. The molecule has 2 atom stereocenters. The van der Waals surface area contributed by atoms with Crippen LogP contribution in [0, 0.1) is 6.92 Å². The van der Waals surface area contributed by atoms with E-state index in [1.165, 1.54) is 11.8 Å². The smallest absolute Gasteiger partial charge is 0.285 e. The molecule has 2 heterocycles. The summed E-state index contributed by atoms with van der Waals surface area (Å²) in [5.41, 5.74) is 1.95. The number of sulfone groups is 1. The molecule has 2 fully saturated rings. The van der Waals surface area contributed by atoms with Gasteiger partial charge in [0.2, 0.25) is 0 Å². The highest BCUT2D eigenvalue weighted by molar-refractivity contribution is 8.16. The molecular weight excluding hydrogens is 396 g/mol. The highest BCUT2D eigenvalue weighted by atomic mass is 32.2. The molecule has 0 N–H and O–H groups in total. The zero-order valence-electron chi connectivity index (χ0n) is 15.3. The van der Waals surface area contributed by atoms with Crippen molar-refractivity contribution in [3.63, 3.8) is 0 Å². The number of hydrogen-bond donors (Lipinski definition) is 0. The first-order valence-electron chi connectivity index (χ1n) is 8.94. The fourth-order valence-corrected chi connectivity index (χ4v) is 7.30. The van der Waals surface area contributed by atoms with Gasteiger partial charge in [0.25, 0.3) is 5.91 Å². The molecule has 2 aliphatic rings. The number of ether oxygens (including phenoxy) is 1. The van der Waals surface area contributed by atoms with Gasteiger partial charge in [-0.2, -0.15) is 4.99 Å². The Morgan fingerprint density at radius 3 is 2.57 bits per heavy atom. The van der Waals surface area contributed by atoms with Crippen molar-refractivity contribution in [2.75, 3.05) is 23.0 Å². The molecule has 8 heteroatoms. The number of rotatable bonds is 4. The summed E-state index contributed by atoms with van der Waals surface area (Å²) in [4.78, 5) is 18.5. The van der Waals surface area contributed by atoms with Crippen molar-refractivity contribution in [3.05, 3.63) is 60.2 Å². The van der Waals surface area contributed by atoms with E-state index in [4.69, 9.17) is 4.74 Å². The van der Waals surface area contributed by atoms with Crippen LogP contribution in [0.15, 0.2) is 59.6 Å². The van der Waals surface area contributed by atoms with Crippen molar-refractivity contribution in [2.24, 2.45) is 4.99 Å². The first-order valence-corrected chi connectivity index (χ1v) is 11.6. The monoisotopic (exact) mass is 416 g/mol. The van der Waals surface area contributed by atoms with Gasteiger partial charge in [0.1, 0.15) is 5.75 Å². The highest BCUT2D eigenvalue weighted by Crippen LogP contribution is 2.40. The minimum absolute atomic E-state index is 0.0757. The number of nitrogens with zero attached hydrogens (tertiary/aromatic N) is 2. The summed E-state index contributed by atoms with van der Waals surface area (Å²) in [6, 6.07) is 16.7. The maximum atomic E-state index is 12.4. The van der Waals surface area contributed by atoms with Gasteiger partial charge in [-0.25, -0.2) is 8.42 Å². The first kappa shape index (κ1) is 19.0. The number of amides is 1. The van der Waals surface area contributed by atoms with Crippen LogP contribution in [0.1, 0.15) is 5.56 Å². The SMILES string of the molecule is Cc1ccc(N2C(=NC(=O)COc3ccccc3)SC3CS(=O)(=O)CC32)cc1. The van der Waals surface area contributed by atoms with Crippen LogP contribution in [-0.2, 0) is 14.6 Å². The van der Waals surface area contributed by atoms with E-state index in [-0.39, 0.29) is 29.4 Å². The Balaban J connectivity index is 1.56. The predicted octanol–water partition coefficient (Wildman–Crippen LogP) is 2.68. The summed E-state index contributed by atoms with van der Waals surface area (Å²) in [7, 11) is -3.08. The third kappa shape index (κ3) is 4.07. The van der Waals surface area contributed by atoms with Crippen molar-refractivity contribution in [1.82, 2.24) is 0 Å². The fourth-order valence-electron chi connectivity index (χ4n) is 3.37.